The summed E-state index contributed by atoms with van der Waals surface area (Å²) in [7, 11) is 0. The number of barbiturate groups is 1. The van der Waals surface area contributed by atoms with E-state index in [-0.39, 0.29) is 17.9 Å². The van der Waals surface area contributed by atoms with Crippen molar-refractivity contribution in [2.75, 3.05) is 18.1 Å². The Morgan fingerprint density at radius 3 is 2.26 bits per heavy atom. The largest absolute Gasteiger partial charge is 0.490 e. The molecule has 11 heteroatoms. The molecular weight excluding hydrogens is 688 g/mol. The maximum atomic E-state index is 13.5. The molecule has 47 heavy (non-hydrogen) atoms. The molecule has 0 atom stereocenters. The fraction of sp³-hybridized carbons (Fsp3) is 0.194. The Hall–Kier alpha value is -4.80. The van der Waals surface area contributed by atoms with Gasteiger partial charge in [0.15, 0.2) is 23.0 Å². The third-order valence-electron chi connectivity index (χ3n) is 7.08. The van der Waals surface area contributed by atoms with Gasteiger partial charge in [-0.05, 0) is 101 Å². The van der Waals surface area contributed by atoms with Crippen LogP contribution in [-0.4, -0.2) is 31.1 Å². The van der Waals surface area contributed by atoms with Crippen molar-refractivity contribution in [3.05, 3.63) is 116 Å². The van der Waals surface area contributed by atoms with Gasteiger partial charge in [0.05, 0.1) is 23.4 Å². The van der Waals surface area contributed by atoms with Crippen molar-refractivity contribution in [3.63, 3.8) is 0 Å². The Labute approximate surface area is 286 Å². The monoisotopic (exact) mass is 718 g/mol. The van der Waals surface area contributed by atoms with Gasteiger partial charge in [0, 0.05) is 5.02 Å². The Kier molecular flexibility index (Phi) is 10.8. The second-order valence-corrected chi connectivity index (χ2v) is 11.7. The number of amides is 4. The third-order valence-corrected chi connectivity index (χ3v) is 7.91. The highest BCUT2D eigenvalue weighted by atomic mass is 79.9. The van der Waals surface area contributed by atoms with Crippen molar-refractivity contribution in [1.29, 1.82) is 0 Å². The lowest BCUT2D eigenvalue weighted by Gasteiger charge is -2.27. The van der Waals surface area contributed by atoms with Gasteiger partial charge in [-0.15, -0.1) is 0 Å². The van der Waals surface area contributed by atoms with Gasteiger partial charge in [-0.2, -0.15) is 0 Å². The molecule has 0 radical (unpaired) electrons. The van der Waals surface area contributed by atoms with E-state index in [2.05, 4.69) is 21.2 Å². The molecule has 0 aromatic heterocycles. The first-order valence-electron chi connectivity index (χ1n) is 14.9. The van der Waals surface area contributed by atoms with E-state index in [0.29, 0.717) is 63.4 Å². The number of carbonyl (C=O) groups is 3. The first-order chi connectivity index (χ1) is 22.7. The van der Waals surface area contributed by atoms with Gasteiger partial charge >= 0.3 is 6.03 Å². The van der Waals surface area contributed by atoms with Crippen molar-refractivity contribution < 1.29 is 33.3 Å². The van der Waals surface area contributed by atoms with Crippen LogP contribution in [0.3, 0.4) is 0 Å². The molecular formula is C36H32BrClN2O7. The van der Waals surface area contributed by atoms with Crippen LogP contribution in [0.5, 0.6) is 23.0 Å². The molecule has 0 saturated carbocycles. The minimum absolute atomic E-state index is 0.190. The number of hydrogen-bond donors (Lipinski definition) is 1. The number of ether oxygens (including phenoxy) is 4. The van der Waals surface area contributed by atoms with Crippen LogP contribution in [0, 0.1) is 6.92 Å². The molecule has 1 aliphatic rings. The van der Waals surface area contributed by atoms with Gasteiger partial charge in [-0.25, -0.2) is 9.69 Å². The number of aryl methyl sites for hydroxylation is 1. The minimum atomic E-state index is -0.856. The predicted molar refractivity (Wildman–Crippen MR) is 183 cm³/mol. The summed E-state index contributed by atoms with van der Waals surface area (Å²) in [5.74, 6) is 0.462. The highest BCUT2D eigenvalue weighted by molar-refractivity contribution is 9.10. The van der Waals surface area contributed by atoms with Crippen LogP contribution < -0.4 is 29.2 Å². The Morgan fingerprint density at radius 1 is 0.787 bits per heavy atom. The minimum Gasteiger partial charge on any atom is -0.490 e. The topological polar surface area (TPSA) is 103 Å². The quantitative estimate of drug-likeness (QED) is 0.117. The smallest absolute Gasteiger partial charge is 0.335 e. The molecule has 1 saturated heterocycles. The lowest BCUT2D eigenvalue weighted by molar-refractivity contribution is -0.122. The van der Waals surface area contributed by atoms with Crippen LogP contribution in [0.15, 0.2) is 88.9 Å². The first-order valence-corrected chi connectivity index (χ1v) is 16.0. The Balaban J connectivity index is 1.38. The Bertz CT molecular complexity index is 1850. The fourth-order valence-electron chi connectivity index (χ4n) is 4.86. The lowest BCUT2D eigenvalue weighted by atomic mass is 10.1. The summed E-state index contributed by atoms with van der Waals surface area (Å²) >= 11 is 9.70. The van der Waals surface area contributed by atoms with Gasteiger partial charge in [0.25, 0.3) is 11.8 Å². The average Bonchev–Trinajstić information content (AvgIpc) is 3.04. The fourth-order valence-corrected chi connectivity index (χ4v) is 5.60. The highest BCUT2D eigenvalue weighted by Crippen LogP contribution is 2.39. The molecule has 4 aromatic carbocycles. The molecule has 0 unspecified atom stereocenters. The van der Waals surface area contributed by atoms with Gasteiger partial charge in [-0.1, -0.05) is 54.1 Å². The van der Waals surface area contributed by atoms with Gasteiger partial charge in [0.1, 0.15) is 18.8 Å². The van der Waals surface area contributed by atoms with E-state index in [4.69, 9.17) is 30.5 Å². The molecule has 5 rings (SSSR count). The maximum Gasteiger partial charge on any atom is 0.335 e. The third kappa shape index (κ3) is 7.96. The number of halogens is 2. The van der Waals surface area contributed by atoms with Crippen molar-refractivity contribution in [2.45, 2.75) is 34.0 Å². The van der Waals surface area contributed by atoms with Crippen molar-refractivity contribution in [1.82, 2.24) is 5.32 Å². The number of nitrogens with zero attached hydrogens (tertiary/aromatic N) is 1. The first kappa shape index (κ1) is 33.6. The number of hydrogen-bond acceptors (Lipinski definition) is 7. The normalized spacial score (nSPS) is 13.9. The molecule has 1 heterocycles. The van der Waals surface area contributed by atoms with E-state index >= 15 is 0 Å². The number of anilines is 1. The van der Waals surface area contributed by atoms with Crippen molar-refractivity contribution in [3.8, 4) is 23.0 Å². The Morgan fingerprint density at radius 2 is 1.51 bits per heavy atom. The molecule has 9 nitrogen and oxygen atoms in total. The van der Waals surface area contributed by atoms with Crippen LogP contribution >= 0.6 is 27.5 Å². The summed E-state index contributed by atoms with van der Waals surface area (Å²) in [6, 6.07) is 22.9. The van der Waals surface area contributed by atoms with Crippen LogP contribution in [0.4, 0.5) is 10.5 Å². The van der Waals surface area contributed by atoms with E-state index in [1.54, 1.807) is 31.2 Å². The molecule has 0 spiro atoms. The number of rotatable bonds is 12. The second kappa shape index (κ2) is 15.2. The van der Waals surface area contributed by atoms with Crippen molar-refractivity contribution in [2.24, 2.45) is 0 Å². The summed E-state index contributed by atoms with van der Waals surface area (Å²) in [6.07, 6.45) is 1.40. The molecule has 4 aromatic rings. The van der Waals surface area contributed by atoms with E-state index in [1.807, 2.05) is 62.4 Å². The van der Waals surface area contributed by atoms with Crippen LogP contribution in [-0.2, 0) is 22.8 Å². The van der Waals surface area contributed by atoms with Gasteiger partial charge in [-0.3, -0.25) is 14.9 Å². The standard InChI is InChI=1S/C36H32BrClN2O7/c1-4-44-31-17-24(12-14-30(31)46-20-23-9-7-6-8-10-23)21-47-33-28(37)16-25(18-32(33)45-5-2)15-27-34(41)39-36(43)40(35(27)42)29-19-26(38)13-11-22(29)3/h6-19H,4-5,20-21H2,1-3H3,(H,39,41,43)/b27-15+. The van der Waals surface area contributed by atoms with E-state index in [9.17, 15) is 14.4 Å². The molecule has 0 aliphatic carbocycles. The number of imide groups is 2. The van der Waals surface area contributed by atoms with E-state index in [1.165, 1.54) is 12.1 Å². The predicted octanol–water partition coefficient (Wildman–Crippen LogP) is 8.03. The zero-order valence-electron chi connectivity index (χ0n) is 26.0. The van der Waals surface area contributed by atoms with E-state index < -0.39 is 17.8 Å². The van der Waals surface area contributed by atoms with Crippen LogP contribution in [0.25, 0.3) is 6.08 Å². The summed E-state index contributed by atoms with van der Waals surface area (Å²) in [5, 5.41) is 2.59. The summed E-state index contributed by atoms with van der Waals surface area (Å²) in [4.78, 5) is 39.9. The molecule has 0 bridgehead atoms. The van der Waals surface area contributed by atoms with Crippen LogP contribution in [0.2, 0.25) is 5.02 Å². The second-order valence-electron chi connectivity index (χ2n) is 10.4. The number of carbonyl (C=O) groups excluding carboxylic acids is 3. The van der Waals surface area contributed by atoms with E-state index in [0.717, 1.165) is 16.0 Å². The molecule has 4 amide bonds. The number of urea groups is 1. The number of nitrogens with one attached hydrogen (secondary N) is 1. The summed E-state index contributed by atoms with van der Waals surface area (Å²) < 4.78 is 24.5. The molecule has 1 fully saturated rings. The lowest BCUT2D eigenvalue weighted by Crippen LogP contribution is -2.54. The molecule has 1 aliphatic heterocycles. The van der Waals surface area contributed by atoms with Gasteiger partial charge < -0.3 is 18.9 Å². The van der Waals surface area contributed by atoms with Crippen molar-refractivity contribution >= 4 is 57.1 Å². The summed E-state index contributed by atoms with van der Waals surface area (Å²) in [5.41, 5.74) is 3.04. The average molecular weight is 720 g/mol. The molecule has 242 valence electrons. The zero-order valence-corrected chi connectivity index (χ0v) is 28.3. The summed E-state index contributed by atoms with van der Waals surface area (Å²) in [6.45, 7) is 6.88. The highest BCUT2D eigenvalue weighted by Gasteiger charge is 2.37. The SMILES string of the molecule is CCOc1cc(COc2c(Br)cc(/C=C3\C(=O)NC(=O)N(c4cc(Cl)ccc4C)C3=O)cc2OCC)ccc1OCc1ccccc1. The molecule has 1 N–H and O–H groups in total. The number of benzene rings is 4. The van der Waals surface area contributed by atoms with Crippen LogP contribution in [0.1, 0.15) is 36.1 Å². The van der Waals surface area contributed by atoms with Gasteiger partial charge in [0.2, 0.25) is 0 Å². The maximum absolute atomic E-state index is 13.5. The zero-order chi connectivity index (χ0) is 33.5.